The summed E-state index contributed by atoms with van der Waals surface area (Å²) in [5.74, 6) is 1.61. The fourth-order valence-corrected chi connectivity index (χ4v) is 5.28. The van der Waals surface area contributed by atoms with Crippen LogP contribution in [0, 0.1) is 12.8 Å². The van der Waals surface area contributed by atoms with Gasteiger partial charge in [0.1, 0.15) is 5.76 Å². The van der Waals surface area contributed by atoms with E-state index in [9.17, 15) is 9.59 Å². The molecule has 2 amide bonds. The molecule has 0 spiro atoms. The molecule has 1 atom stereocenters. The van der Waals surface area contributed by atoms with Crippen molar-refractivity contribution >= 4 is 17.7 Å². The van der Waals surface area contributed by atoms with Gasteiger partial charge in [-0.25, -0.2) is 9.78 Å². The van der Waals surface area contributed by atoms with Crippen molar-refractivity contribution in [3.8, 4) is 5.88 Å². The lowest BCUT2D eigenvalue weighted by atomic mass is 9.99. The molecule has 0 bridgehead atoms. The maximum atomic E-state index is 12.7. The highest BCUT2D eigenvalue weighted by Gasteiger charge is 2.23. The highest BCUT2D eigenvalue weighted by Crippen LogP contribution is 2.19. The normalized spacial score (nSPS) is 18.4. The number of benzene rings is 1. The lowest BCUT2D eigenvalue weighted by Crippen LogP contribution is -2.49. The van der Waals surface area contributed by atoms with Crippen LogP contribution in [0.25, 0.3) is 0 Å². The van der Waals surface area contributed by atoms with Gasteiger partial charge in [0.2, 0.25) is 5.88 Å². The van der Waals surface area contributed by atoms with Crippen LogP contribution in [0.4, 0.5) is 10.5 Å². The van der Waals surface area contributed by atoms with Crippen LogP contribution in [0.1, 0.15) is 47.1 Å². The molecule has 2 aliphatic heterocycles. The van der Waals surface area contributed by atoms with E-state index in [0.29, 0.717) is 24.3 Å². The minimum Gasteiger partial charge on any atom is -0.391 e. The molecule has 2 aromatic heterocycles. The minimum absolute atomic E-state index is 0.197. The molecule has 0 saturated carbocycles. The third-order valence-corrected chi connectivity index (χ3v) is 7.53. The highest BCUT2D eigenvalue weighted by atomic mass is 16.6. The molecular formula is C30H38N6O4. The first kappa shape index (κ1) is 27.8. The van der Waals surface area contributed by atoms with Gasteiger partial charge in [-0.05, 0) is 56.0 Å². The van der Waals surface area contributed by atoms with Gasteiger partial charge in [-0.15, -0.1) is 0 Å². The van der Waals surface area contributed by atoms with Gasteiger partial charge in [0.15, 0.2) is 0 Å². The van der Waals surface area contributed by atoms with Crippen molar-refractivity contribution in [2.75, 3.05) is 51.1 Å². The summed E-state index contributed by atoms with van der Waals surface area (Å²) >= 11 is 0. The topological polar surface area (TPSA) is 104 Å². The Balaban J connectivity index is 1.04. The number of nitrogens with zero attached hydrogens (tertiary/aromatic N) is 5. The maximum Gasteiger partial charge on any atom is 0.416 e. The van der Waals surface area contributed by atoms with Gasteiger partial charge >= 0.3 is 6.09 Å². The van der Waals surface area contributed by atoms with Crippen LogP contribution in [-0.2, 0) is 13.0 Å². The second kappa shape index (κ2) is 13.1. The van der Waals surface area contributed by atoms with Crippen LogP contribution in [0.3, 0.4) is 0 Å². The summed E-state index contributed by atoms with van der Waals surface area (Å²) in [4.78, 5) is 36.0. The molecule has 1 aromatic carbocycles. The molecule has 2 fully saturated rings. The number of anilines is 1. The third-order valence-electron chi connectivity index (χ3n) is 7.53. The number of hydrogen-bond acceptors (Lipinski definition) is 8. The first-order valence-electron chi connectivity index (χ1n) is 14.1. The molecule has 10 heteroatoms. The van der Waals surface area contributed by atoms with Crippen LogP contribution in [0.5, 0.6) is 5.88 Å². The fraction of sp³-hybridized carbons (Fsp3) is 0.467. The minimum atomic E-state index is -0.422. The molecule has 40 heavy (non-hydrogen) atoms. The smallest absolute Gasteiger partial charge is 0.391 e. The molecule has 212 valence electrons. The van der Waals surface area contributed by atoms with Crippen molar-refractivity contribution in [1.29, 1.82) is 0 Å². The first-order chi connectivity index (χ1) is 19.4. The molecule has 5 rings (SSSR count). The number of likely N-dealkylation sites (tertiary alicyclic amines) is 1. The summed E-state index contributed by atoms with van der Waals surface area (Å²) in [6, 6.07) is 13.0. The Morgan fingerprint density at radius 1 is 1.05 bits per heavy atom. The highest BCUT2D eigenvalue weighted by molar-refractivity contribution is 6.04. The van der Waals surface area contributed by atoms with Crippen molar-refractivity contribution in [2.45, 2.75) is 39.7 Å². The van der Waals surface area contributed by atoms with E-state index < -0.39 is 6.09 Å². The van der Waals surface area contributed by atoms with Gasteiger partial charge in [-0.3, -0.25) is 14.6 Å². The summed E-state index contributed by atoms with van der Waals surface area (Å²) < 4.78 is 10.7. The number of carbonyl (C=O) groups is 2. The number of carbonyl (C=O) groups excluding carboxylic acids is 2. The summed E-state index contributed by atoms with van der Waals surface area (Å²) in [5.41, 5.74) is 3.21. The Morgan fingerprint density at radius 2 is 1.85 bits per heavy atom. The number of nitrogens with one attached hydrogen (secondary N) is 1. The van der Waals surface area contributed by atoms with Gasteiger partial charge in [-0.1, -0.05) is 24.2 Å². The second-order valence-electron chi connectivity index (χ2n) is 10.9. The lowest BCUT2D eigenvalue weighted by Gasteiger charge is -2.33. The summed E-state index contributed by atoms with van der Waals surface area (Å²) in [7, 11) is 0. The second-order valence-corrected chi connectivity index (χ2v) is 10.9. The van der Waals surface area contributed by atoms with E-state index in [2.05, 4.69) is 32.2 Å². The SMILES string of the molecule is Cc1cc(CCN2CCN(C(=O)Oc3ccc(NC(=O)c4ccc(CN5CCCC(C)C5)cc4)cn3)CC2)on1. The number of piperazine rings is 1. The summed E-state index contributed by atoms with van der Waals surface area (Å²) in [6.45, 7) is 10.9. The number of rotatable bonds is 8. The molecule has 10 nitrogen and oxygen atoms in total. The van der Waals surface area contributed by atoms with Gasteiger partial charge in [-0.2, -0.15) is 0 Å². The Bertz CT molecular complexity index is 1270. The van der Waals surface area contributed by atoms with Gasteiger partial charge < -0.3 is 19.5 Å². The molecule has 0 radical (unpaired) electrons. The van der Waals surface area contributed by atoms with Crippen LogP contribution >= 0.6 is 0 Å². The zero-order chi connectivity index (χ0) is 27.9. The molecule has 4 heterocycles. The molecule has 1 N–H and O–H groups in total. The third kappa shape index (κ3) is 7.67. The van der Waals surface area contributed by atoms with Crippen molar-refractivity contribution in [3.05, 3.63) is 71.2 Å². The molecule has 3 aromatic rings. The number of pyridine rings is 1. The van der Waals surface area contributed by atoms with Gasteiger partial charge in [0.05, 0.1) is 17.6 Å². The monoisotopic (exact) mass is 546 g/mol. The standard InChI is InChI=1S/C30H38N6O4/c1-22-4-3-12-35(20-22)21-24-5-7-25(8-6-24)29(37)32-26-9-10-28(31-19-26)39-30(38)36-16-14-34(15-17-36)13-11-27-18-23(2)33-40-27/h5-10,18-19,22H,3-4,11-17,20-21H2,1-2H3,(H,32,37). The Labute approximate surface area is 235 Å². The maximum absolute atomic E-state index is 12.7. The van der Waals surface area contributed by atoms with Crippen molar-refractivity contribution < 1.29 is 18.8 Å². The first-order valence-corrected chi connectivity index (χ1v) is 14.1. The summed E-state index contributed by atoms with van der Waals surface area (Å²) in [5, 5.41) is 6.78. The summed E-state index contributed by atoms with van der Waals surface area (Å²) in [6.07, 6.45) is 4.42. The number of ether oxygens (including phenoxy) is 1. The van der Waals surface area contributed by atoms with E-state index in [1.807, 2.05) is 37.3 Å². The molecule has 2 saturated heterocycles. The van der Waals surface area contributed by atoms with Crippen LogP contribution in [0.2, 0.25) is 0 Å². The van der Waals surface area contributed by atoms with Crippen LogP contribution in [0.15, 0.2) is 53.2 Å². The molecular weight excluding hydrogens is 508 g/mol. The van der Waals surface area contributed by atoms with Crippen molar-refractivity contribution in [2.24, 2.45) is 5.92 Å². The Morgan fingerprint density at radius 3 is 2.52 bits per heavy atom. The molecule has 0 aliphatic carbocycles. The average Bonchev–Trinajstić information content (AvgIpc) is 3.38. The number of piperidine rings is 1. The number of aryl methyl sites for hydroxylation is 1. The fourth-order valence-electron chi connectivity index (χ4n) is 5.28. The number of aromatic nitrogens is 2. The van der Waals surface area contributed by atoms with Crippen LogP contribution in [-0.4, -0.2) is 82.7 Å². The van der Waals surface area contributed by atoms with Crippen LogP contribution < -0.4 is 10.1 Å². The van der Waals surface area contributed by atoms with E-state index in [4.69, 9.17) is 9.26 Å². The average molecular weight is 547 g/mol. The van der Waals surface area contributed by atoms with Gasteiger partial charge in [0, 0.05) is 69.9 Å². The zero-order valence-electron chi connectivity index (χ0n) is 23.3. The Kier molecular flexibility index (Phi) is 9.08. The van der Waals surface area contributed by atoms with E-state index in [0.717, 1.165) is 63.1 Å². The quantitative estimate of drug-likeness (QED) is 0.448. The van der Waals surface area contributed by atoms with E-state index in [1.165, 1.54) is 24.6 Å². The van der Waals surface area contributed by atoms with E-state index in [-0.39, 0.29) is 11.8 Å². The van der Waals surface area contributed by atoms with E-state index in [1.54, 1.807) is 17.0 Å². The number of hydrogen-bond donors (Lipinski definition) is 1. The largest absolute Gasteiger partial charge is 0.416 e. The molecule has 2 aliphatic rings. The van der Waals surface area contributed by atoms with E-state index >= 15 is 0 Å². The zero-order valence-corrected chi connectivity index (χ0v) is 23.3. The number of amides is 2. The lowest BCUT2D eigenvalue weighted by molar-refractivity contribution is 0.102. The predicted octanol–water partition coefficient (Wildman–Crippen LogP) is 4.22. The van der Waals surface area contributed by atoms with Crippen molar-refractivity contribution in [1.82, 2.24) is 24.8 Å². The Hall–Kier alpha value is -3.76. The molecule has 1 unspecified atom stereocenters. The predicted molar refractivity (Wildman–Crippen MR) is 151 cm³/mol. The van der Waals surface area contributed by atoms with Crippen molar-refractivity contribution in [3.63, 3.8) is 0 Å². The van der Waals surface area contributed by atoms with Gasteiger partial charge in [0.25, 0.3) is 5.91 Å².